The van der Waals surface area contributed by atoms with Crippen molar-refractivity contribution in [3.05, 3.63) is 23.6 Å². The number of ether oxygens (including phenoxy) is 1. The van der Waals surface area contributed by atoms with E-state index in [-0.39, 0.29) is 30.6 Å². The number of rotatable bonds is 4. The van der Waals surface area contributed by atoms with Gasteiger partial charge in [0, 0.05) is 19.3 Å². The molecule has 0 aromatic carbocycles. The van der Waals surface area contributed by atoms with Crippen molar-refractivity contribution in [1.29, 1.82) is 0 Å². The Bertz CT molecular complexity index is 512. The Kier molecular flexibility index (Phi) is 5.08. The van der Waals surface area contributed by atoms with Gasteiger partial charge in [-0.1, -0.05) is 0 Å². The van der Waals surface area contributed by atoms with Crippen LogP contribution in [0.3, 0.4) is 0 Å². The van der Waals surface area contributed by atoms with Gasteiger partial charge in [0.25, 0.3) is 5.91 Å². The molecule has 6 nitrogen and oxygen atoms in total. The summed E-state index contributed by atoms with van der Waals surface area (Å²) in [5, 5.41) is 11.9. The van der Waals surface area contributed by atoms with Crippen LogP contribution in [-0.2, 0) is 4.74 Å². The summed E-state index contributed by atoms with van der Waals surface area (Å²) in [5.41, 5.74) is -0.0219. The van der Waals surface area contributed by atoms with E-state index in [4.69, 9.17) is 9.84 Å². The highest BCUT2D eigenvalue weighted by Crippen LogP contribution is 2.20. The lowest BCUT2D eigenvalue weighted by Gasteiger charge is -2.37. The van der Waals surface area contributed by atoms with E-state index in [0.29, 0.717) is 13.2 Å². The van der Waals surface area contributed by atoms with Crippen LogP contribution < -0.4 is 5.32 Å². The number of aliphatic hydroxyl groups excluding tert-OH is 1. The van der Waals surface area contributed by atoms with Gasteiger partial charge in [0.2, 0.25) is 0 Å². The second-order valence-corrected chi connectivity index (χ2v) is 5.00. The molecule has 0 spiro atoms. The van der Waals surface area contributed by atoms with Crippen molar-refractivity contribution in [1.82, 2.24) is 9.88 Å². The number of aromatic nitrogens is 1. The number of amides is 1. The van der Waals surface area contributed by atoms with E-state index in [2.05, 4.69) is 10.3 Å². The molecule has 2 N–H and O–H groups in total. The van der Waals surface area contributed by atoms with Gasteiger partial charge in [0.15, 0.2) is 11.6 Å². The summed E-state index contributed by atoms with van der Waals surface area (Å²) in [4.78, 5) is 18.0. The van der Waals surface area contributed by atoms with Crippen molar-refractivity contribution in [2.45, 2.75) is 26.0 Å². The topological polar surface area (TPSA) is 74.7 Å². The number of hydrogen-bond donors (Lipinski definition) is 2. The zero-order valence-electron chi connectivity index (χ0n) is 12.2. The van der Waals surface area contributed by atoms with Crippen molar-refractivity contribution >= 4 is 11.7 Å². The number of nitrogens with one attached hydrogen (secondary N) is 1. The van der Waals surface area contributed by atoms with E-state index in [1.807, 2.05) is 13.8 Å². The lowest BCUT2D eigenvalue weighted by molar-refractivity contribution is -0.0668. The fourth-order valence-electron chi connectivity index (χ4n) is 2.27. The Hall–Kier alpha value is -1.73. The molecule has 1 aromatic rings. The third kappa shape index (κ3) is 3.30. The lowest BCUT2D eigenvalue weighted by Crippen LogP contribution is -2.52. The SMILES string of the molecule is CCNc1nccc(C(=O)N2CC(CO)OCC2C)c1F. The standard InChI is InChI=1S/C14H20FN3O3/c1-3-16-13-12(15)11(4-5-17-13)14(20)18-6-10(7-19)21-8-9(18)2/h4-5,9-10,19H,3,6-8H2,1-2H3,(H,16,17). The molecule has 2 heterocycles. The molecule has 21 heavy (non-hydrogen) atoms. The van der Waals surface area contributed by atoms with E-state index >= 15 is 0 Å². The summed E-state index contributed by atoms with van der Waals surface area (Å²) in [6.07, 6.45) is 0.978. The van der Waals surface area contributed by atoms with Gasteiger partial charge >= 0.3 is 0 Å². The number of carbonyl (C=O) groups excluding carboxylic acids is 1. The first kappa shape index (κ1) is 15.7. The normalized spacial score (nSPS) is 22.2. The van der Waals surface area contributed by atoms with E-state index in [9.17, 15) is 9.18 Å². The highest BCUT2D eigenvalue weighted by Gasteiger charge is 2.31. The van der Waals surface area contributed by atoms with Crippen molar-refractivity contribution in [3.8, 4) is 0 Å². The van der Waals surface area contributed by atoms with E-state index in [1.54, 1.807) is 0 Å². The van der Waals surface area contributed by atoms with Gasteiger partial charge in [-0.15, -0.1) is 0 Å². The number of pyridine rings is 1. The number of aliphatic hydroxyl groups is 1. The average molecular weight is 297 g/mol. The number of carbonyl (C=O) groups is 1. The van der Waals surface area contributed by atoms with E-state index < -0.39 is 17.8 Å². The first-order valence-electron chi connectivity index (χ1n) is 7.00. The summed E-state index contributed by atoms with van der Waals surface area (Å²) in [6, 6.07) is 1.20. The van der Waals surface area contributed by atoms with Gasteiger partial charge in [-0.3, -0.25) is 4.79 Å². The van der Waals surface area contributed by atoms with Gasteiger partial charge in [-0.25, -0.2) is 9.37 Å². The van der Waals surface area contributed by atoms with Gasteiger partial charge in [0.1, 0.15) is 0 Å². The highest BCUT2D eigenvalue weighted by atomic mass is 19.1. The summed E-state index contributed by atoms with van der Waals surface area (Å²) in [6.45, 7) is 4.57. The zero-order chi connectivity index (χ0) is 15.4. The first-order valence-corrected chi connectivity index (χ1v) is 7.00. The second kappa shape index (κ2) is 6.82. The molecule has 0 bridgehead atoms. The van der Waals surface area contributed by atoms with Crippen molar-refractivity contribution < 1.29 is 19.0 Å². The smallest absolute Gasteiger partial charge is 0.257 e. The molecule has 0 radical (unpaired) electrons. The van der Waals surface area contributed by atoms with Crippen molar-refractivity contribution in [2.24, 2.45) is 0 Å². The van der Waals surface area contributed by atoms with Crippen LogP contribution in [-0.4, -0.2) is 59.3 Å². The Balaban J connectivity index is 2.24. The average Bonchev–Trinajstić information content (AvgIpc) is 2.49. The van der Waals surface area contributed by atoms with Gasteiger partial charge in [-0.2, -0.15) is 0 Å². The predicted octanol–water partition coefficient (Wildman–Crippen LogP) is 0.874. The molecule has 1 aromatic heterocycles. The molecule has 1 amide bonds. The van der Waals surface area contributed by atoms with Gasteiger partial charge < -0.3 is 20.1 Å². The quantitative estimate of drug-likeness (QED) is 0.863. The Morgan fingerprint density at radius 2 is 2.43 bits per heavy atom. The van der Waals surface area contributed by atoms with Crippen LogP contribution in [0.4, 0.5) is 10.2 Å². The summed E-state index contributed by atoms with van der Waals surface area (Å²) >= 11 is 0. The monoisotopic (exact) mass is 297 g/mol. The second-order valence-electron chi connectivity index (χ2n) is 5.00. The number of hydrogen-bond acceptors (Lipinski definition) is 5. The minimum Gasteiger partial charge on any atom is -0.394 e. The summed E-state index contributed by atoms with van der Waals surface area (Å²) in [5.74, 6) is -0.991. The van der Waals surface area contributed by atoms with Crippen LogP contribution in [0.2, 0.25) is 0 Å². The lowest BCUT2D eigenvalue weighted by atomic mass is 10.1. The maximum Gasteiger partial charge on any atom is 0.257 e. The van der Waals surface area contributed by atoms with E-state index in [0.717, 1.165) is 0 Å². The van der Waals surface area contributed by atoms with Gasteiger partial charge in [-0.05, 0) is 19.9 Å². The van der Waals surface area contributed by atoms with Gasteiger partial charge in [0.05, 0.1) is 30.9 Å². The molecule has 1 aliphatic heterocycles. The molecule has 0 aliphatic carbocycles. The van der Waals surface area contributed by atoms with Crippen LogP contribution in [0, 0.1) is 5.82 Å². The molecule has 0 saturated carbocycles. The number of halogens is 1. The number of nitrogens with zero attached hydrogens (tertiary/aromatic N) is 2. The molecular weight excluding hydrogens is 277 g/mol. The Morgan fingerprint density at radius 1 is 1.67 bits per heavy atom. The van der Waals surface area contributed by atoms with E-state index in [1.165, 1.54) is 17.2 Å². The maximum absolute atomic E-state index is 14.3. The van der Waals surface area contributed by atoms with Crippen LogP contribution in [0.5, 0.6) is 0 Å². The molecule has 2 unspecified atom stereocenters. The van der Waals surface area contributed by atoms with Crippen molar-refractivity contribution in [2.75, 3.05) is 31.6 Å². The van der Waals surface area contributed by atoms with Crippen LogP contribution in [0.1, 0.15) is 24.2 Å². The highest BCUT2D eigenvalue weighted by molar-refractivity contribution is 5.95. The van der Waals surface area contributed by atoms with Crippen LogP contribution >= 0.6 is 0 Å². The third-order valence-electron chi connectivity index (χ3n) is 3.43. The Labute approximate surface area is 122 Å². The molecule has 1 saturated heterocycles. The molecule has 1 aliphatic rings. The fraction of sp³-hybridized carbons (Fsp3) is 0.571. The molecule has 1 fully saturated rings. The molecule has 116 valence electrons. The molecule has 2 rings (SSSR count). The minimum absolute atomic E-state index is 0.0219. The summed E-state index contributed by atoms with van der Waals surface area (Å²) < 4.78 is 19.7. The van der Waals surface area contributed by atoms with Crippen molar-refractivity contribution in [3.63, 3.8) is 0 Å². The largest absolute Gasteiger partial charge is 0.394 e. The third-order valence-corrected chi connectivity index (χ3v) is 3.43. The van der Waals surface area contributed by atoms with Crippen LogP contribution in [0.15, 0.2) is 12.3 Å². The number of anilines is 1. The fourth-order valence-corrected chi connectivity index (χ4v) is 2.27. The zero-order valence-corrected chi connectivity index (χ0v) is 12.2. The first-order chi connectivity index (χ1) is 10.1. The molecule has 2 atom stereocenters. The minimum atomic E-state index is -0.649. The molecular formula is C14H20FN3O3. The van der Waals surface area contributed by atoms with Crippen LogP contribution in [0.25, 0.3) is 0 Å². The predicted molar refractivity (Wildman–Crippen MR) is 75.7 cm³/mol. The maximum atomic E-state index is 14.3. The Morgan fingerprint density at radius 3 is 3.10 bits per heavy atom. The molecule has 7 heteroatoms. The summed E-state index contributed by atoms with van der Waals surface area (Å²) in [7, 11) is 0. The number of morpholine rings is 1.